The predicted octanol–water partition coefficient (Wildman–Crippen LogP) is 3.81. The van der Waals surface area contributed by atoms with E-state index in [9.17, 15) is 4.79 Å². The van der Waals surface area contributed by atoms with Gasteiger partial charge < -0.3 is 10.1 Å². The van der Waals surface area contributed by atoms with E-state index in [0.29, 0.717) is 33.3 Å². The van der Waals surface area contributed by atoms with E-state index >= 15 is 0 Å². The summed E-state index contributed by atoms with van der Waals surface area (Å²) < 4.78 is 7.75. The lowest BCUT2D eigenvalue weighted by molar-refractivity contribution is 0.101. The lowest BCUT2D eigenvalue weighted by atomic mass is 10.3. The Kier molecular flexibility index (Phi) is 4.91. The van der Waals surface area contributed by atoms with E-state index in [1.54, 1.807) is 12.1 Å². The number of carbonyl (C=O) groups is 1. The number of carbonyl (C=O) groups excluding carboxylic acids is 1. The third kappa shape index (κ3) is 3.59. The van der Waals surface area contributed by atoms with Gasteiger partial charge in [0.25, 0.3) is 11.7 Å². The molecule has 1 aromatic carbocycles. The molecule has 0 aliphatic rings. The minimum atomic E-state index is -0.474. The van der Waals surface area contributed by atoms with Gasteiger partial charge in [0.05, 0.1) is 16.8 Å². The summed E-state index contributed by atoms with van der Waals surface area (Å²) in [6, 6.07) is 5.17. The maximum atomic E-state index is 12.6. The standard InChI is InChI=1S/C16H15BrClN5O2/c1-4-25-13-11(17)6-10(18)7-12(13)20-15(24)14-21-16-19-8(2)5-9(3)23(16)22-14/h5-7H,4H2,1-3H3,(H,20,24). The number of amides is 1. The van der Waals surface area contributed by atoms with E-state index in [-0.39, 0.29) is 5.82 Å². The molecule has 3 aromatic rings. The molecule has 0 fully saturated rings. The number of nitrogens with one attached hydrogen (secondary N) is 1. The second-order valence-corrected chi connectivity index (χ2v) is 6.63. The van der Waals surface area contributed by atoms with Crippen molar-refractivity contribution >= 4 is 44.9 Å². The third-order valence-corrected chi connectivity index (χ3v) is 4.17. The van der Waals surface area contributed by atoms with Gasteiger partial charge >= 0.3 is 0 Å². The van der Waals surface area contributed by atoms with Gasteiger partial charge in [-0.25, -0.2) is 9.50 Å². The molecule has 0 unspecified atom stereocenters. The molecular weight excluding hydrogens is 410 g/mol. The van der Waals surface area contributed by atoms with Gasteiger partial charge in [0.2, 0.25) is 5.82 Å². The second-order valence-electron chi connectivity index (χ2n) is 5.34. The molecule has 7 nitrogen and oxygen atoms in total. The first-order valence-corrected chi connectivity index (χ1v) is 8.70. The Hall–Kier alpha value is -2.19. The number of rotatable bonds is 4. The highest BCUT2D eigenvalue weighted by molar-refractivity contribution is 9.10. The van der Waals surface area contributed by atoms with Crippen molar-refractivity contribution in [3.63, 3.8) is 0 Å². The molecule has 3 rings (SSSR count). The predicted molar refractivity (Wildman–Crippen MR) is 98.5 cm³/mol. The SMILES string of the molecule is CCOc1c(Br)cc(Cl)cc1NC(=O)c1nc2nc(C)cc(C)n2n1. The van der Waals surface area contributed by atoms with Crippen LogP contribution in [0.15, 0.2) is 22.7 Å². The number of nitrogens with zero attached hydrogens (tertiary/aromatic N) is 4. The molecule has 0 saturated carbocycles. The number of ether oxygens (including phenoxy) is 1. The minimum absolute atomic E-state index is 0.0137. The van der Waals surface area contributed by atoms with E-state index in [0.717, 1.165) is 11.4 Å². The molecule has 0 aliphatic heterocycles. The van der Waals surface area contributed by atoms with Crippen LogP contribution in [0.3, 0.4) is 0 Å². The second kappa shape index (κ2) is 6.97. The molecule has 25 heavy (non-hydrogen) atoms. The summed E-state index contributed by atoms with van der Waals surface area (Å²) in [5.74, 6) is 0.409. The van der Waals surface area contributed by atoms with Crippen LogP contribution in [-0.2, 0) is 0 Å². The first-order chi connectivity index (χ1) is 11.9. The zero-order valence-corrected chi connectivity index (χ0v) is 16.1. The Morgan fingerprint density at radius 3 is 2.80 bits per heavy atom. The molecule has 0 radical (unpaired) electrons. The lowest BCUT2D eigenvalue weighted by Gasteiger charge is -2.13. The lowest BCUT2D eigenvalue weighted by Crippen LogP contribution is -2.15. The van der Waals surface area contributed by atoms with Crippen LogP contribution in [0.25, 0.3) is 5.78 Å². The number of benzene rings is 1. The number of aromatic nitrogens is 4. The Morgan fingerprint density at radius 2 is 2.08 bits per heavy atom. The summed E-state index contributed by atoms with van der Waals surface area (Å²) in [4.78, 5) is 21.0. The van der Waals surface area contributed by atoms with Crippen LogP contribution in [0.5, 0.6) is 5.75 Å². The molecule has 1 N–H and O–H groups in total. The Balaban J connectivity index is 1.96. The molecule has 2 heterocycles. The summed E-state index contributed by atoms with van der Waals surface area (Å²) in [6.45, 7) is 6.03. The maximum Gasteiger partial charge on any atom is 0.295 e. The molecular formula is C16H15BrClN5O2. The van der Waals surface area contributed by atoms with Crippen molar-refractivity contribution in [2.45, 2.75) is 20.8 Å². The van der Waals surface area contributed by atoms with E-state index < -0.39 is 5.91 Å². The van der Waals surface area contributed by atoms with Gasteiger partial charge in [-0.2, -0.15) is 4.98 Å². The van der Waals surface area contributed by atoms with Crippen molar-refractivity contribution in [1.29, 1.82) is 0 Å². The highest BCUT2D eigenvalue weighted by atomic mass is 79.9. The molecule has 0 aliphatic carbocycles. The van der Waals surface area contributed by atoms with Crippen LogP contribution in [-0.4, -0.2) is 32.1 Å². The van der Waals surface area contributed by atoms with Crippen LogP contribution >= 0.6 is 27.5 Å². The largest absolute Gasteiger partial charge is 0.491 e. The highest BCUT2D eigenvalue weighted by Gasteiger charge is 2.18. The van der Waals surface area contributed by atoms with Crippen molar-refractivity contribution < 1.29 is 9.53 Å². The van der Waals surface area contributed by atoms with Crippen LogP contribution in [0.2, 0.25) is 5.02 Å². The quantitative estimate of drug-likeness (QED) is 0.689. The molecule has 0 saturated heterocycles. The van der Waals surface area contributed by atoms with Crippen molar-refractivity contribution in [2.75, 3.05) is 11.9 Å². The summed E-state index contributed by atoms with van der Waals surface area (Å²) >= 11 is 9.46. The molecule has 0 bridgehead atoms. The number of halogens is 2. The fourth-order valence-electron chi connectivity index (χ4n) is 2.38. The number of hydrogen-bond acceptors (Lipinski definition) is 5. The van der Waals surface area contributed by atoms with Crippen LogP contribution < -0.4 is 10.1 Å². The summed E-state index contributed by atoms with van der Waals surface area (Å²) in [5.41, 5.74) is 2.09. The molecule has 0 spiro atoms. The van der Waals surface area contributed by atoms with Gasteiger partial charge in [-0.1, -0.05) is 11.6 Å². The summed E-state index contributed by atoms with van der Waals surface area (Å²) in [5, 5.41) is 7.42. The summed E-state index contributed by atoms with van der Waals surface area (Å²) in [7, 11) is 0. The van der Waals surface area contributed by atoms with Crippen LogP contribution in [0, 0.1) is 13.8 Å². The third-order valence-electron chi connectivity index (χ3n) is 3.37. The molecule has 0 atom stereocenters. The monoisotopic (exact) mass is 423 g/mol. The van der Waals surface area contributed by atoms with Gasteiger partial charge in [0.1, 0.15) is 0 Å². The maximum absolute atomic E-state index is 12.6. The normalized spacial score (nSPS) is 10.9. The molecule has 1 amide bonds. The Bertz CT molecular complexity index is 973. The highest BCUT2D eigenvalue weighted by Crippen LogP contribution is 2.36. The zero-order valence-electron chi connectivity index (χ0n) is 13.8. The van der Waals surface area contributed by atoms with Crippen molar-refractivity contribution in [2.24, 2.45) is 0 Å². The van der Waals surface area contributed by atoms with Gasteiger partial charge in [-0.3, -0.25) is 4.79 Å². The fraction of sp³-hybridized carbons (Fsp3) is 0.250. The number of fused-ring (bicyclic) bond motifs is 1. The smallest absolute Gasteiger partial charge is 0.295 e. The molecule has 9 heteroatoms. The first kappa shape index (κ1) is 17.6. The van der Waals surface area contributed by atoms with Gasteiger partial charge in [0.15, 0.2) is 5.75 Å². The van der Waals surface area contributed by atoms with E-state index in [2.05, 4.69) is 36.3 Å². The molecule has 2 aromatic heterocycles. The summed E-state index contributed by atoms with van der Waals surface area (Å²) in [6.07, 6.45) is 0. The minimum Gasteiger partial charge on any atom is -0.491 e. The van der Waals surface area contributed by atoms with E-state index in [1.165, 1.54) is 4.52 Å². The van der Waals surface area contributed by atoms with Crippen LogP contribution in [0.4, 0.5) is 5.69 Å². The Morgan fingerprint density at radius 1 is 1.32 bits per heavy atom. The zero-order chi connectivity index (χ0) is 18.1. The van der Waals surface area contributed by atoms with Crippen LogP contribution in [0.1, 0.15) is 28.9 Å². The fourth-order valence-corrected chi connectivity index (χ4v) is 3.31. The van der Waals surface area contributed by atoms with Crippen molar-refractivity contribution in [3.05, 3.63) is 44.9 Å². The van der Waals surface area contributed by atoms with E-state index in [1.807, 2.05) is 26.8 Å². The average Bonchev–Trinajstić information content (AvgIpc) is 2.95. The average molecular weight is 425 g/mol. The van der Waals surface area contributed by atoms with Gasteiger partial charge in [-0.15, -0.1) is 5.10 Å². The van der Waals surface area contributed by atoms with E-state index in [4.69, 9.17) is 16.3 Å². The first-order valence-electron chi connectivity index (χ1n) is 7.53. The number of hydrogen-bond donors (Lipinski definition) is 1. The topological polar surface area (TPSA) is 81.4 Å². The van der Waals surface area contributed by atoms with Gasteiger partial charge in [-0.05, 0) is 54.9 Å². The Labute approximate surface area is 157 Å². The number of anilines is 1. The molecule has 130 valence electrons. The number of aryl methyl sites for hydroxylation is 2. The van der Waals surface area contributed by atoms with Crippen molar-refractivity contribution in [1.82, 2.24) is 19.6 Å². The van der Waals surface area contributed by atoms with Crippen molar-refractivity contribution in [3.8, 4) is 5.75 Å². The van der Waals surface area contributed by atoms with Gasteiger partial charge in [0, 0.05) is 16.4 Å².